The van der Waals surface area contributed by atoms with Crippen molar-refractivity contribution >= 4 is 20.1 Å². The predicted molar refractivity (Wildman–Crippen MR) is 104 cm³/mol. The Kier molecular flexibility index (Phi) is 10.6. The third-order valence-corrected chi connectivity index (χ3v) is 3.58. The molecule has 0 aliphatic carbocycles. The van der Waals surface area contributed by atoms with E-state index in [1.54, 1.807) is 6.92 Å². The van der Waals surface area contributed by atoms with Crippen LogP contribution in [0.25, 0.3) is 0 Å². The molecule has 0 aliphatic rings. The van der Waals surface area contributed by atoms with Crippen molar-refractivity contribution in [1.82, 2.24) is 5.32 Å². The molecule has 0 fully saturated rings. The van der Waals surface area contributed by atoms with Crippen LogP contribution in [0.5, 0.6) is 0 Å². The number of nitrogens with one attached hydrogen (secondary N) is 1. The van der Waals surface area contributed by atoms with Gasteiger partial charge in [-0.2, -0.15) is 0 Å². The number of alkyl carbamates (subject to hydrolysis) is 1. The molecule has 2 rings (SSSR count). The van der Waals surface area contributed by atoms with E-state index in [1.807, 2.05) is 60.7 Å². The Bertz CT molecular complexity index is 752. The van der Waals surface area contributed by atoms with Crippen LogP contribution in [0.4, 0.5) is 4.79 Å². The van der Waals surface area contributed by atoms with Gasteiger partial charge in [-0.3, -0.25) is 4.79 Å². The van der Waals surface area contributed by atoms with Crippen LogP contribution in [-0.4, -0.2) is 33.7 Å². The number of benzene rings is 2. The van der Waals surface area contributed by atoms with Gasteiger partial charge in [0.25, 0.3) is 0 Å². The second-order valence-electron chi connectivity index (χ2n) is 5.89. The first-order valence-corrected chi connectivity index (χ1v) is 9.61. The number of Topliss-reactive ketones (excluding diaryl/α,β-unsaturated/α-hetero) is 1. The van der Waals surface area contributed by atoms with Crippen molar-refractivity contribution in [3.8, 4) is 0 Å². The van der Waals surface area contributed by atoms with Gasteiger partial charge in [-0.15, -0.1) is 9.79 Å². The zero-order chi connectivity index (χ0) is 20.9. The topological polar surface area (TPSA) is 139 Å². The lowest BCUT2D eigenvalue weighted by Crippen LogP contribution is -2.48. The number of rotatable bonds is 7. The Balaban J connectivity index is 0.000000892. The quantitative estimate of drug-likeness (QED) is 0.515. The molecule has 0 saturated heterocycles. The second-order valence-corrected chi connectivity index (χ2v) is 6.40. The van der Waals surface area contributed by atoms with Crippen LogP contribution in [0.3, 0.4) is 0 Å². The maximum absolute atomic E-state index is 12.3. The van der Waals surface area contributed by atoms with Crippen molar-refractivity contribution in [2.24, 2.45) is 5.73 Å². The van der Waals surface area contributed by atoms with Gasteiger partial charge in [0, 0.05) is 4.57 Å². The molecular formula is C19H24N2O6P+. The smallest absolute Gasteiger partial charge is 0.445 e. The van der Waals surface area contributed by atoms with Crippen LogP contribution in [0, 0.1) is 0 Å². The third-order valence-electron chi connectivity index (χ3n) is 3.58. The van der Waals surface area contributed by atoms with Crippen molar-refractivity contribution in [3.63, 3.8) is 0 Å². The number of carbonyl (C=O) groups excluding carboxylic acids is 2. The minimum absolute atomic E-state index is 0.150. The van der Waals surface area contributed by atoms with Crippen LogP contribution in [-0.2, 0) is 27.1 Å². The first-order chi connectivity index (χ1) is 13.3. The number of ether oxygens (including phenoxy) is 1. The Morgan fingerprint density at radius 1 is 1.04 bits per heavy atom. The molecule has 0 aliphatic heterocycles. The maximum Gasteiger partial charge on any atom is 0.692 e. The van der Waals surface area contributed by atoms with Crippen molar-refractivity contribution in [1.29, 1.82) is 0 Å². The summed E-state index contributed by atoms with van der Waals surface area (Å²) < 4.78 is 13.9. The maximum atomic E-state index is 12.3. The van der Waals surface area contributed by atoms with Crippen molar-refractivity contribution < 1.29 is 28.7 Å². The zero-order valence-electron chi connectivity index (χ0n) is 15.4. The van der Waals surface area contributed by atoms with Crippen LogP contribution in [0.2, 0.25) is 0 Å². The molecule has 0 aromatic heterocycles. The van der Waals surface area contributed by atoms with Gasteiger partial charge < -0.3 is 15.8 Å². The fourth-order valence-electron chi connectivity index (χ4n) is 2.30. The van der Waals surface area contributed by atoms with Gasteiger partial charge in [0.1, 0.15) is 6.61 Å². The number of nitrogens with two attached hydrogens (primary N) is 1. The lowest BCUT2D eigenvalue weighted by Gasteiger charge is -2.19. The van der Waals surface area contributed by atoms with E-state index in [-0.39, 0.29) is 12.4 Å². The molecule has 150 valence electrons. The Hall–Kier alpha value is -2.64. The minimum atomic E-state index is -2.87. The summed E-state index contributed by atoms with van der Waals surface area (Å²) in [6.07, 6.45) is -0.254. The largest absolute Gasteiger partial charge is 0.692 e. The van der Waals surface area contributed by atoms with Gasteiger partial charge in [-0.1, -0.05) is 60.7 Å². The highest BCUT2D eigenvalue weighted by atomic mass is 31.1. The van der Waals surface area contributed by atoms with Crippen LogP contribution < -0.4 is 11.1 Å². The highest BCUT2D eigenvalue weighted by molar-refractivity contribution is 7.30. The summed E-state index contributed by atoms with van der Waals surface area (Å²) in [7, 11) is -2.87. The molecule has 5 N–H and O–H groups in total. The molecule has 2 aromatic carbocycles. The van der Waals surface area contributed by atoms with Crippen LogP contribution >= 0.6 is 8.25 Å². The van der Waals surface area contributed by atoms with E-state index in [0.717, 1.165) is 11.1 Å². The molecule has 0 saturated carbocycles. The highest BCUT2D eigenvalue weighted by Crippen LogP contribution is 2.07. The average molecular weight is 407 g/mol. The first-order valence-electron chi connectivity index (χ1n) is 8.45. The monoisotopic (exact) mass is 407 g/mol. The molecule has 8 nitrogen and oxygen atoms in total. The van der Waals surface area contributed by atoms with Gasteiger partial charge in [0.15, 0.2) is 5.78 Å². The molecule has 1 amide bonds. The number of hydrogen-bond acceptors (Lipinski definition) is 5. The summed E-state index contributed by atoms with van der Waals surface area (Å²) in [6.45, 7) is 1.76. The van der Waals surface area contributed by atoms with Gasteiger partial charge in [-0.05, 0) is 24.5 Å². The summed E-state index contributed by atoms with van der Waals surface area (Å²) in [5, 5.41) is 2.63. The summed E-state index contributed by atoms with van der Waals surface area (Å²) >= 11 is 0. The lowest BCUT2D eigenvalue weighted by atomic mass is 9.99. The van der Waals surface area contributed by atoms with Gasteiger partial charge >= 0.3 is 14.3 Å². The van der Waals surface area contributed by atoms with Gasteiger partial charge in [0.05, 0.1) is 12.1 Å². The van der Waals surface area contributed by atoms with Crippen LogP contribution in [0.1, 0.15) is 18.1 Å². The molecular weight excluding hydrogens is 383 g/mol. The molecule has 0 spiro atoms. The standard InChI is InChI=1S/C19H22N2O3.HO3P/c1-14(20)18(22)17(12-15-8-4-2-5-9-15)21-19(23)24-13-16-10-6-3-7-11-16;1-4(2)3/h2-11,14,17H,12-13,20H2,1H3,(H,21,23);(H-,1,2,3)/p+1/t14-,17+;/m1./s1. The summed E-state index contributed by atoms with van der Waals surface area (Å²) in [6, 6.07) is 17.5. The number of ketones is 1. The van der Waals surface area contributed by atoms with E-state index in [9.17, 15) is 9.59 Å². The van der Waals surface area contributed by atoms with Crippen molar-refractivity contribution in [2.45, 2.75) is 32.0 Å². The van der Waals surface area contributed by atoms with E-state index in [1.165, 1.54) is 0 Å². The SMILES string of the molecule is C[C@@H](N)C(=O)[C@H](Cc1ccccc1)NC(=O)OCc1ccccc1.O=[P+](O)O. The molecule has 2 atom stereocenters. The Labute approximate surface area is 164 Å². The molecule has 2 aromatic rings. The van der Waals surface area contributed by atoms with Gasteiger partial charge in [-0.25, -0.2) is 4.79 Å². The molecule has 0 radical (unpaired) electrons. The van der Waals surface area contributed by atoms with E-state index in [4.69, 9.17) is 24.8 Å². The number of carbonyl (C=O) groups is 2. The van der Waals surface area contributed by atoms with E-state index in [0.29, 0.717) is 6.42 Å². The summed E-state index contributed by atoms with van der Waals surface area (Å²) in [4.78, 5) is 38.5. The molecule has 0 bridgehead atoms. The zero-order valence-corrected chi connectivity index (χ0v) is 16.3. The van der Waals surface area contributed by atoms with Crippen LogP contribution in [0.15, 0.2) is 60.7 Å². The fourth-order valence-corrected chi connectivity index (χ4v) is 2.30. The predicted octanol–water partition coefficient (Wildman–Crippen LogP) is 2.07. The summed E-state index contributed by atoms with van der Waals surface area (Å²) in [5.41, 5.74) is 7.51. The second kappa shape index (κ2) is 12.7. The number of amides is 1. The van der Waals surface area contributed by atoms with Crippen molar-refractivity contribution in [2.75, 3.05) is 0 Å². The summed E-state index contributed by atoms with van der Waals surface area (Å²) in [5.74, 6) is -0.226. The minimum Gasteiger partial charge on any atom is -0.445 e. The van der Waals surface area contributed by atoms with Crippen molar-refractivity contribution in [3.05, 3.63) is 71.8 Å². The normalized spacial score (nSPS) is 12.0. The molecule has 0 unspecified atom stereocenters. The number of hydrogen-bond donors (Lipinski definition) is 4. The molecule has 0 heterocycles. The Morgan fingerprint density at radius 2 is 1.50 bits per heavy atom. The molecule has 28 heavy (non-hydrogen) atoms. The third kappa shape index (κ3) is 9.89. The van der Waals surface area contributed by atoms with E-state index >= 15 is 0 Å². The average Bonchev–Trinajstić information content (AvgIpc) is 2.66. The molecule has 9 heteroatoms. The lowest BCUT2D eigenvalue weighted by molar-refractivity contribution is -0.121. The van der Waals surface area contributed by atoms with E-state index < -0.39 is 26.4 Å². The Morgan fingerprint density at radius 3 is 1.96 bits per heavy atom. The fraction of sp³-hybridized carbons (Fsp3) is 0.263. The first kappa shape index (κ1) is 23.4. The highest BCUT2D eigenvalue weighted by Gasteiger charge is 2.24. The van der Waals surface area contributed by atoms with Gasteiger partial charge in [0.2, 0.25) is 0 Å². The van der Waals surface area contributed by atoms with E-state index in [2.05, 4.69) is 5.32 Å².